The second-order valence-corrected chi connectivity index (χ2v) is 5.13. The number of hydrogen-bond donors (Lipinski definition) is 1. The van der Waals surface area contributed by atoms with Crippen LogP contribution in [0.15, 0.2) is 6.07 Å². The van der Waals surface area contributed by atoms with Crippen molar-refractivity contribution in [2.45, 2.75) is 53.7 Å². The molecule has 0 fully saturated rings. The zero-order valence-corrected chi connectivity index (χ0v) is 11.6. The summed E-state index contributed by atoms with van der Waals surface area (Å²) in [6, 6.07) is 2.04. The van der Waals surface area contributed by atoms with Crippen LogP contribution in [-0.4, -0.2) is 11.1 Å². The predicted octanol–water partition coefficient (Wildman–Crippen LogP) is 2.97. The fourth-order valence-corrected chi connectivity index (χ4v) is 2.08. The van der Waals surface area contributed by atoms with Gasteiger partial charge in [-0.3, -0.25) is 0 Å². The Kier molecular flexibility index (Phi) is 4.94. The largest absolute Gasteiger partial charge is 0.474 e. The van der Waals surface area contributed by atoms with E-state index in [0.717, 1.165) is 23.2 Å². The molecular formula is C14H24N2O. The van der Waals surface area contributed by atoms with E-state index in [1.54, 1.807) is 0 Å². The third kappa shape index (κ3) is 4.00. The van der Waals surface area contributed by atoms with Crippen molar-refractivity contribution in [3.63, 3.8) is 0 Å². The summed E-state index contributed by atoms with van der Waals surface area (Å²) >= 11 is 0. The highest BCUT2D eigenvalue weighted by molar-refractivity contribution is 5.35. The van der Waals surface area contributed by atoms with Crippen LogP contribution in [0, 0.1) is 19.8 Å². The fourth-order valence-electron chi connectivity index (χ4n) is 2.08. The molecule has 0 bridgehead atoms. The highest BCUT2D eigenvalue weighted by Gasteiger charge is 2.13. The quantitative estimate of drug-likeness (QED) is 0.855. The van der Waals surface area contributed by atoms with Gasteiger partial charge in [-0.2, -0.15) is 0 Å². The van der Waals surface area contributed by atoms with Crippen molar-refractivity contribution >= 4 is 0 Å². The molecule has 0 aromatic carbocycles. The maximum Gasteiger partial charge on any atom is 0.218 e. The maximum atomic E-state index is 5.92. The van der Waals surface area contributed by atoms with E-state index in [-0.39, 0.29) is 6.10 Å². The lowest BCUT2D eigenvalue weighted by Gasteiger charge is -2.19. The highest BCUT2D eigenvalue weighted by atomic mass is 16.5. The van der Waals surface area contributed by atoms with Crippen LogP contribution in [0.5, 0.6) is 5.88 Å². The monoisotopic (exact) mass is 236 g/mol. The summed E-state index contributed by atoms with van der Waals surface area (Å²) in [5.74, 6) is 1.33. The van der Waals surface area contributed by atoms with Crippen molar-refractivity contribution in [2.24, 2.45) is 11.7 Å². The topological polar surface area (TPSA) is 48.1 Å². The molecule has 17 heavy (non-hydrogen) atoms. The molecule has 0 spiro atoms. The second-order valence-electron chi connectivity index (χ2n) is 5.13. The van der Waals surface area contributed by atoms with E-state index in [1.807, 2.05) is 13.0 Å². The zero-order valence-electron chi connectivity index (χ0n) is 11.6. The van der Waals surface area contributed by atoms with Gasteiger partial charge >= 0.3 is 0 Å². The molecule has 1 aromatic heterocycles. The molecule has 0 radical (unpaired) electrons. The van der Waals surface area contributed by atoms with E-state index < -0.39 is 0 Å². The van der Waals surface area contributed by atoms with Crippen molar-refractivity contribution < 1.29 is 4.74 Å². The van der Waals surface area contributed by atoms with Gasteiger partial charge in [-0.25, -0.2) is 4.98 Å². The van der Waals surface area contributed by atoms with Crippen LogP contribution in [0.25, 0.3) is 0 Å². The molecule has 1 atom stereocenters. The average molecular weight is 236 g/mol. The highest BCUT2D eigenvalue weighted by Crippen LogP contribution is 2.22. The Labute approximate surface area is 104 Å². The predicted molar refractivity (Wildman–Crippen MR) is 71.1 cm³/mol. The van der Waals surface area contributed by atoms with Crippen molar-refractivity contribution in [3.05, 3.63) is 22.9 Å². The second kappa shape index (κ2) is 6.01. The maximum absolute atomic E-state index is 5.92. The number of ether oxygens (including phenoxy) is 1. The molecule has 1 heterocycles. The van der Waals surface area contributed by atoms with E-state index in [2.05, 4.69) is 32.7 Å². The number of nitrogens with zero attached hydrogens (tertiary/aromatic N) is 1. The van der Waals surface area contributed by atoms with Gasteiger partial charge < -0.3 is 10.5 Å². The minimum absolute atomic E-state index is 0.175. The molecule has 0 aliphatic carbocycles. The first-order chi connectivity index (χ1) is 7.93. The van der Waals surface area contributed by atoms with Gasteiger partial charge in [-0.05, 0) is 44.7 Å². The molecule has 0 saturated heterocycles. The van der Waals surface area contributed by atoms with Gasteiger partial charge in [-0.15, -0.1) is 0 Å². The molecular weight excluding hydrogens is 212 g/mol. The lowest BCUT2D eigenvalue weighted by Crippen LogP contribution is -2.17. The Morgan fingerprint density at radius 1 is 1.29 bits per heavy atom. The van der Waals surface area contributed by atoms with Gasteiger partial charge in [0.25, 0.3) is 0 Å². The Hall–Kier alpha value is -1.09. The summed E-state index contributed by atoms with van der Waals surface area (Å²) in [7, 11) is 0. The lowest BCUT2D eigenvalue weighted by atomic mass is 10.1. The summed E-state index contributed by atoms with van der Waals surface area (Å²) in [6.45, 7) is 11.0. The van der Waals surface area contributed by atoms with Crippen molar-refractivity contribution in [1.82, 2.24) is 4.98 Å². The molecule has 0 aliphatic rings. The van der Waals surface area contributed by atoms with Gasteiger partial charge in [0.05, 0.1) is 6.10 Å². The van der Waals surface area contributed by atoms with Crippen LogP contribution < -0.4 is 10.5 Å². The van der Waals surface area contributed by atoms with E-state index >= 15 is 0 Å². The first kappa shape index (κ1) is 14.0. The van der Waals surface area contributed by atoms with Crippen LogP contribution in [-0.2, 0) is 6.54 Å². The van der Waals surface area contributed by atoms with Gasteiger partial charge in [0.15, 0.2) is 0 Å². The van der Waals surface area contributed by atoms with Gasteiger partial charge in [0.1, 0.15) is 0 Å². The third-order valence-electron chi connectivity index (χ3n) is 2.76. The Balaban J connectivity index is 2.89. The molecule has 3 heteroatoms. The molecule has 3 nitrogen and oxygen atoms in total. The van der Waals surface area contributed by atoms with Crippen LogP contribution >= 0.6 is 0 Å². The number of aryl methyl sites for hydroxylation is 2. The van der Waals surface area contributed by atoms with Crippen LogP contribution in [0.1, 0.15) is 44.0 Å². The first-order valence-electron chi connectivity index (χ1n) is 6.27. The smallest absolute Gasteiger partial charge is 0.218 e. The molecule has 96 valence electrons. The van der Waals surface area contributed by atoms with Crippen molar-refractivity contribution in [2.75, 3.05) is 0 Å². The summed E-state index contributed by atoms with van der Waals surface area (Å²) in [4.78, 5) is 4.45. The minimum atomic E-state index is 0.175. The molecule has 0 amide bonds. The normalized spacial score (nSPS) is 12.9. The number of pyridine rings is 1. The van der Waals surface area contributed by atoms with Crippen LogP contribution in [0.2, 0.25) is 0 Å². The lowest BCUT2D eigenvalue weighted by molar-refractivity contribution is 0.183. The van der Waals surface area contributed by atoms with E-state index in [4.69, 9.17) is 10.5 Å². The van der Waals surface area contributed by atoms with Gasteiger partial charge in [0.2, 0.25) is 5.88 Å². The molecule has 0 saturated carbocycles. The van der Waals surface area contributed by atoms with E-state index in [9.17, 15) is 0 Å². The summed E-state index contributed by atoms with van der Waals surface area (Å²) in [5.41, 5.74) is 8.92. The average Bonchev–Trinajstić information content (AvgIpc) is 2.15. The standard InChI is InChI=1S/C14H24N2O/c1-9(2)6-12(5)17-14-13(8-15)10(3)7-11(4)16-14/h7,9,12H,6,8,15H2,1-5H3. The Bertz CT molecular complexity index is 375. The fraction of sp³-hybridized carbons (Fsp3) is 0.643. The summed E-state index contributed by atoms with van der Waals surface area (Å²) < 4.78 is 5.92. The zero-order chi connectivity index (χ0) is 13.0. The van der Waals surface area contributed by atoms with Gasteiger partial charge in [0, 0.05) is 17.8 Å². The molecule has 1 unspecified atom stereocenters. The SMILES string of the molecule is Cc1cc(C)c(CN)c(OC(C)CC(C)C)n1. The summed E-state index contributed by atoms with van der Waals surface area (Å²) in [5, 5.41) is 0. The number of rotatable bonds is 5. The third-order valence-corrected chi connectivity index (χ3v) is 2.76. The van der Waals surface area contributed by atoms with Crippen LogP contribution in [0.3, 0.4) is 0 Å². The van der Waals surface area contributed by atoms with Crippen LogP contribution in [0.4, 0.5) is 0 Å². The van der Waals surface area contributed by atoms with Crippen molar-refractivity contribution in [1.29, 1.82) is 0 Å². The molecule has 0 aliphatic heterocycles. The van der Waals surface area contributed by atoms with E-state index in [1.165, 1.54) is 0 Å². The van der Waals surface area contributed by atoms with Crippen molar-refractivity contribution in [3.8, 4) is 5.88 Å². The Morgan fingerprint density at radius 2 is 1.94 bits per heavy atom. The Morgan fingerprint density at radius 3 is 2.47 bits per heavy atom. The first-order valence-corrected chi connectivity index (χ1v) is 6.27. The minimum Gasteiger partial charge on any atom is -0.474 e. The van der Waals surface area contributed by atoms with E-state index in [0.29, 0.717) is 18.3 Å². The number of aromatic nitrogens is 1. The number of hydrogen-bond acceptors (Lipinski definition) is 3. The summed E-state index contributed by atoms with van der Waals surface area (Å²) in [6.07, 6.45) is 1.20. The molecule has 1 aromatic rings. The van der Waals surface area contributed by atoms with Gasteiger partial charge in [-0.1, -0.05) is 13.8 Å². The molecule has 2 N–H and O–H groups in total. The molecule has 1 rings (SSSR count). The number of nitrogens with two attached hydrogens (primary N) is 1.